The number of aromatic hydroxyl groups is 1. The molecule has 18 heteroatoms. The van der Waals surface area contributed by atoms with Gasteiger partial charge in [0.2, 0.25) is 11.6 Å². The van der Waals surface area contributed by atoms with E-state index in [-0.39, 0.29) is 37.7 Å². The van der Waals surface area contributed by atoms with Gasteiger partial charge >= 0.3 is 5.69 Å². The summed E-state index contributed by atoms with van der Waals surface area (Å²) in [6.45, 7) is 1.56. The molecule has 0 spiro atoms. The van der Waals surface area contributed by atoms with Gasteiger partial charge in [-0.05, 0) is 43.3 Å². The van der Waals surface area contributed by atoms with Crippen LogP contribution in [0, 0.1) is 6.92 Å². The molecule has 5 N–H and O–H groups in total. The van der Waals surface area contributed by atoms with Crippen LogP contribution in [0.15, 0.2) is 76.1 Å². The maximum absolute atomic E-state index is 12.8. The Morgan fingerprint density at radius 2 is 1.42 bits per heavy atom. The van der Waals surface area contributed by atoms with Gasteiger partial charge in [0.25, 0.3) is 21.2 Å². The van der Waals surface area contributed by atoms with Gasteiger partial charge in [0.1, 0.15) is 11.4 Å². The Morgan fingerprint density at radius 3 is 1.95 bits per heavy atom. The summed E-state index contributed by atoms with van der Waals surface area (Å²) in [5, 5.41) is 27.7. The van der Waals surface area contributed by atoms with E-state index in [0.717, 1.165) is 16.8 Å². The number of nitrogens with zero attached hydrogens (tertiary/aromatic N) is 5. The van der Waals surface area contributed by atoms with Crippen molar-refractivity contribution in [2.24, 2.45) is 20.5 Å². The third-order valence-corrected chi connectivity index (χ3v) is 6.34. The Bertz CT molecular complexity index is 1910. The third kappa shape index (κ3) is 5.47. The van der Waals surface area contributed by atoms with E-state index < -0.39 is 38.5 Å². The molecule has 0 saturated heterocycles. The zero-order valence-corrected chi connectivity index (χ0v) is 21.1. The number of aromatic nitrogens is 4. The van der Waals surface area contributed by atoms with Crippen molar-refractivity contribution in [2.75, 3.05) is 0 Å². The van der Waals surface area contributed by atoms with Crippen molar-refractivity contribution < 1.29 is 18.1 Å². The molecule has 38 heavy (non-hydrogen) atoms. The summed E-state index contributed by atoms with van der Waals surface area (Å²) in [6.07, 6.45) is 0. The van der Waals surface area contributed by atoms with Crippen LogP contribution in [0.25, 0.3) is 5.69 Å². The first-order valence-corrected chi connectivity index (χ1v) is 12.3. The largest absolute Gasteiger partial charge is 0.493 e. The van der Waals surface area contributed by atoms with Crippen molar-refractivity contribution in [3.05, 3.63) is 83.3 Å². The number of rotatable bonds is 6. The van der Waals surface area contributed by atoms with Crippen LogP contribution in [0.5, 0.6) is 5.88 Å². The van der Waals surface area contributed by atoms with Gasteiger partial charge in [-0.15, -0.1) is 20.5 Å². The van der Waals surface area contributed by atoms with E-state index in [1.54, 1.807) is 6.92 Å². The molecule has 4 aromatic rings. The molecular formula is C20H14Cl2N8O7S. The summed E-state index contributed by atoms with van der Waals surface area (Å²) >= 11 is 12.4. The van der Waals surface area contributed by atoms with Gasteiger partial charge in [0, 0.05) is 0 Å². The van der Waals surface area contributed by atoms with Gasteiger partial charge in [0.15, 0.2) is 5.69 Å². The molecule has 2 aromatic heterocycles. The molecule has 0 bridgehead atoms. The van der Waals surface area contributed by atoms with Crippen molar-refractivity contribution >= 4 is 56.1 Å². The van der Waals surface area contributed by atoms with Gasteiger partial charge in [-0.3, -0.25) is 29.2 Å². The molecule has 2 aromatic carbocycles. The first-order valence-electron chi connectivity index (χ1n) is 10.1. The summed E-state index contributed by atoms with van der Waals surface area (Å²) in [5.74, 6) is -0.794. The van der Waals surface area contributed by atoms with E-state index >= 15 is 0 Å². The first-order chi connectivity index (χ1) is 17.8. The summed E-state index contributed by atoms with van der Waals surface area (Å²) in [7, 11) is -4.39. The Kier molecular flexibility index (Phi) is 7.14. The lowest BCUT2D eigenvalue weighted by Crippen LogP contribution is -2.20. The first kappa shape index (κ1) is 26.7. The highest BCUT2D eigenvalue weighted by Crippen LogP contribution is 2.37. The number of hydrogen-bond acceptors (Lipinski definition) is 10. The van der Waals surface area contributed by atoms with Gasteiger partial charge < -0.3 is 5.11 Å². The van der Waals surface area contributed by atoms with E-state index in [0.29, 0.717) is 5.69 Å². The highest BCUT2D eigenvalue weighted by molar-refractivity contribution is 7.85. The van der Waals surface area contributed by atoms with E-state index in [2.05, 4.69) is 25.6 Å². The molecule has 0 atom stereocenters. The standard InChI is InChI=1S/C20H14Cl2N8O7S/c1-8-15(19(33)30(29-8)9-2-4-10(5-3-9)38(35,36)37)27-25-13-6-12(22)14(7-11(13)21)26-28-16-17(31)23-20(34)24-18(16)32/h2-7,29H,1H3,(H,35,36,37)(H3,23,24,31,32,34). The van der Waals surface area contributed by atoms with Crippen LogP contribution in [0.1, 0.15) is 5.69 Å². The Hall–Kier alpha value is -4.38. The number of hydrogen-bond donors (Lipinski definition) is 5. The van der Waals surface area contributed by atoms with Crippen LogP contribution >= 0.6 is 23.2 Å². The number of H-pyrrole nitrogens is 3. The molecule has 0 aliphatic heterocycles. The van der Waals surface area contributed by atoms with Gasteiger partial charge in [-0.1, -0.05) is 23.2 Å². The third-order valence-electron chi connectivity index (χ3n) is 4.86. The number of benzene rings is 2. The zero-order chi connectivity index (χ0) is 27.8. The maximum atomic E-state index is 12.8. The minimum Gasteiger partial charge on any atom is -0.493 e. The lowest BCUT2D eigenvalue weighted by molar-refractivity contribution is 0.450. The van der Waals surface area contributed by atoms with Crippen molar-refractivity contribution in [3.8, 4) is 11.6 Å². The van der Waals surface area contributed by atoms with Crippen LogP contribution in [0.3, 0.4) is 0 Å². The molecule has 0 amide bonds. The Labute approximate surface area is 220 Å². The number of azo groups is 2. The van der Waals surface area contributed by atoms with Crippen molar-refractivity contribution in [2.45, 2.75) is 11.8 Å². The van der Waals surface area contributed by atoms with E-state index in [1.807, 2.05) is 9.97 Å². The summed E-state index contributed by atoms with van der Waals surface area (Å²) < 4.78 is 32.7. The van der Waals surface area contributed by atoms with Crippen LogP contribution in [0.4, 0.5) is 22.7 Å². The van der Waals surface area contributed by atoms with Crippen LogP contribution in [-0.2, 0) is 10.1 Å². The van der Waals surface area contributed by atoms with Crippen molar-refractivity contribution in [1.29, 1.82) is 0 Å². The second-order valence-electron chi connectivity index (χ2n) is 7.46. The van der Waals surface area contributed by atoms with E-state index in [9.17, 15) is 27.9 Å². The topological polar surface area (TPSA) is 228 Å². The number of aromatic amines is 3. The molecule has 2 heterocycles. The highest BCUT2D eigenvalue weighted by atomic mass is 35.5. The molecule has 0 aliphatic rings. The normalized spacial score (nSPS) is 12.1. The van der Waals surface area contributed by atoms with Crippen LogP contribution in [0.2, 0.25) is 10.0 Å². The van der Waals surface area contributed by atoms with Crippen molar-refractivity contribution in [3.63, 3.8) is 0 Å². The molecule has 0 saturated carbocycles. The highest BCUT2D eigenvalue weighted by Gasteiger charge is 2.15. The molecule has 15 nitrogen and oxygen atoms in total. The van der Waals surface area contributed by atoms with Gasteiger partial charge in [0.05, 0.1) is 26.3 Å². The average molecular weight is 581 g/mol. The zero-order valence-electron chi connectivity index (χ0n) is 18.8. The summed E-state index contributed by atoms with van der Waals surface area (Å²) in [6, 6.07) is 7.40. The van der Waals surface area contributed by atoms with E-state index in [1.165, 1.54) is 24.3 Å². The Morgan fingerprint density at radius 1 is 0.868 bits per heavy atom. The molecular weight excluding hydrogens is 567 g/mol. The number of nitrogens with one attached hydrogen (secondary N) is 3. The number of aryl methyl sites for hydroxylation is 1. The summed E-state index contributed by atoms with van der Waals surface area (Å²) in [5.41, 5.74) is -2.50. The molecule has 0 aliphatic carbocycles. The number of halogens is 2. The van der Waals surface area contributed by atoms with Crippen molar-refractivity contribution in [1.82, 2.24) is 19.7 Å². The average Bonchev–Trinajstić information content (AvgIpc) is 3.12. The second kappa shape index (κ2) is 10.2. The van der Waals surface area contributed by atoms with Gasteiger partial charge in [-0.25, -0.2) is 9.48 Å². The second-order valence-corrected chi connectivity index (χ2v) is 9.69. The lowest BCUT2D eigenvalue weighted by Gasteiger charge is -2.02. The SMILES string of the molecule is Cc1[nH]n(-c2ccc(S(=O)(=O)O)cc2)c(=O)c1N=Nc1cc(Cl)c(N=Nc2c(O)[nH]c(=O)[nH]c2=O)cc1Cl. The van der Waals surface area contributed by atoms with E-state index in [4.69, 9.17) is 27.8 Å². The predicted octanol–water partition coefficient (Wildman–Crippen LogP) is 3.94. The molecule has 196 valence electrons. The molecule has 4 rings (SSSR count). The minimum absolute atomic E-state index is 0.000941. The quantitative estimate of drug-likeness (QED) is 0.166. The molecule has 0 fully saturated rings. The van der Waals surface area contributed by atoms with Crippen LogP contribution < -0.4 is 16.8 Å². The van der Waals surface area contributed by atoms with Gasteiger partial charge in [-0.2, -0.15) is 8.42 Å². The fourth-order valence-corrected chi connectivity index (χ4v) is 3.92. The molecule has 0 unspecified atom stereocenters. The fourth-order valence-electron chi connectivity index (χ4n) is 3.05. The predicted molar refractivity (Wildman–Crippen MR) is 135 cm³/mol. The smallest absolute Gasteiger partial charge is 0.328 e. The lowest BCUT2D eigenvalue weighted by atomic mass is 10.3. The summed E-state index contributed by atoms with van der Waals surface area (Å²) in [4.78, 5) is 39.3. The van der Waals surface area contributed by atoms with Crippen LogP contribution in [-0.4, -0.2) is 37.8 Å². The molecule has 0 radical (unpaired) electrons. The Balaban J connectivity index is 1.62. The monoisotopic (exact) mass is 580 g/mol. The maximum Gasteiger partial charge on any atom is 0.328 e. The minimum atomic E-state index is -4.39. The fraction of sp³-hybridized carbons (Fsp3) is 0.0500.